The van der Waals surface area contributed by atoms with Crippen molar-refractivity contribution in [3.63, 3.8) is 0 Å². The quantitative estimate of drug-likeness (QED) is 0.917. The monoisotopic (exact) mass is 270 g/mol. The molecule has 1 unspecified atom stereocenters. The molecule has 1 heterocycles. The average Bonchev–Trinajstić information content (AvgIpc) is 2.48. The van der Waals surface area contributed by atoms with Crippen molar-refractivity contribution >= 4 is 11.4 Å². The smallest absolute Gasteiger partial charge is 0.123 e. The molecule has 0 saturated carbocycles. The van der Waals surface area contributed by atoms with E-state index in [0.29, 0.717) is 5.92 Å². The van der Waals surface area contributed by atoms with Crippen LogP contribution < -0.4 is 10.2 Å². The van der Waals surface area contributed by atoms with Gasteiger partial charge in [-0.2, -0.15) is 0 Å². The van der Waals surface area contributed by atoms with E-state index in [1.54, 1.807) is 0 Å². The Bertz CT molecular complexity index is 580. The van der Waals surface area contributed by atoms with Crippen molar-refractivity contribution in [2.75, 3.05) is 30.4 Å². The van der Waals surface area contributed by atoms with E-state index >= 15 is 0 Å². The van der Waals surface area contributed by atoms with E-state index in [1.165, 1.54) is 23.4 Å². The topological polar surface area (TPSA) is 15.3 Å². The van der Waals surface area contributed by atoms with Crippen molar-refractivity contribution in [2.45, 2.75) is 6.42 Å². The number of nitrogens with zero attached hydrogens (tertiary/aromatic N) is 1. The van der Waals surface area contributed by atoms with E-state index in [1.807, 2.05) is 12.1 Å². The summed E-state index contributed by atoms with van der Waals surface area (Å²) in [5, 5.41) is 3.49. The summed E-state index contributed by atoms with van der Waals surface area (Å²) in [7, 11) is 2.06. The van der Waals surface area contributed by atoms with Gasteiger partial charge in [0.1, 0.15) is 5.82 Å². The first-order chi connectivity index (χ1) is 9.72. The molecule has 0 aromatic heterocycles. The van der Waals surface area contributed by atoms with Crippen LogP contribution in [0.1, 0.15) is 5.56 Å². The number of benzene rings is 2. The van der Waals surface area contributed by atoms with Crippen molar-refractivity contribution in [1.29, 1.82) is 0 Å². The first-order valence-corrected chi connectivity index (χ1v) is 7.01. The van der Waals surface area contributed by atoms with Crippen LogP contribution in [0.25, 0.3) is 0 Å². The van der Waals surface area contributed by atoms with Gasteiger partial charge in [-0.3, -0.25) is 0 Å². The second-order valence-electron chi connectivity index (χ2n) is 5.47. The summed E-state index contributed by atoms with van der Waals surface area (Å²) in [6.45, 7) is 1.95. The molecule has 0 saturated heterocycles. The van der Waals surface area contributed by atoms with Gasteiger partial charge in [0.2, 0.25) is 0 Å². The van der Waals surface area contributed by atoms with Crippen LogP contribution in [0.2, 0.25) is 0 Å². The fourth-order valence-corrected chi connectivity index (χ4v) is 2.83. The van der Waals surface area contributed by atoms with Gasteiger partial charge in [0.15, 0.2) is 0 Å². The molecule has 104 valence electrons. The van der Waals surface area contributed by atoms with Gasteiger partial charge in [-0.1, -0.05) is 18.2 Å². The van der Waals surface area contributed by atoms with E-state index in [4.69, 9.17) is 0 Å². The van der Waals surface area contributed by atoms with Crippen molar-refractivity contribution in [3.05, 3.63) is 59.9 Å². The molecule has 2 aromatic rings. The van der Waals surface area contributed by atoms with Crippen molar-refractivity contribution in [1.82, 2.24) is 0 Å². The Morgan fingerprint density at radius 1 is 1.15 bits per heavy atom. The molecule has 1 aliphatic heterocycles. The first kappa shape index (κ1) is 13.0. The number of hydrogen-bond donors (Lipinski definition) is 1. The van der Waals surface area contributed by atoms with Gasteiger partial charge in [-0.15, -0.1) is 0 Å². The third-order valence-corrected chi connectivity index (χ3v) is 3.91. The molecule has 0 spiro atoms. The van der Waals surface area contributed by atoms with E-state index < -0.39 is 0 Å². The minimum Gasteiger partial charge on any atom is -0.384 e. The molecule has 1 N–H and O–H groups in total. The lowest BCUT2D eigenvalue weighted by Crippen LogP contribution is -2.33. The first-order valence-electron chi connectivity index (χ1n) is 7.01. The highest BCUT2D eigenvalue weighted by Crippen LogP contribution is 2.25. The van der Waals surface area contributed by atoms with Gasteiger partial charge in [0.25, 0.3) is 0 Å². The molecule has 0 amide bonds. The Morgan fingerprint density at radius 2 is 1.90 bits per heavy atom. The number of nitrogens with one attached hydrogen (secondary N) is 1. The standard InChI is InChI=1S/C17H19FN2/c1-20(16-8-6-15(18)7-9-16)12-13-10-14-4-2-3-5-17(14)19-11-13/h2-9,13,19H,10-12H2,1H3. The maximum absolute atomic E-state index is 12.9. The second kappa shape index (κ2) is 5.53. The van der Waals surface area contributed by atoms with E-state index in [2.05, 4.69) is 41.5 Å². The summed E-state index contributed by atoms with van der Waals surface area (Å²) >= 11 is 0. The molecule has 0 bridgehead atoms. The summed E-state index contributed by atoms with van der Waals surface area (Å²) in [5.74, 6) is 0.385. The van der Waals surface area contributed by atoms with Crippen LogP contribution in [0.5, 0.6) is 0 Å². The fraction of sp³-hybridized carbons (Fsp3) is 0.294. The molecule has 3 rings (SSSR count). The predicted octanol–water partition coefficient (Wildman–Crippen LogP) is 3.55. The number of anilines is 2. The van der Waals surface area contributed by atoms with Crippen LogP contribution in [0.15, 0.2) is 48.5 Å². The third-order valence-electron chi connectivity index (χ3n) is 3.91. The number of rotatable bonds is 3. The Kier molecular flexibility index (Phi) is 3.59. The van der Waals surface area contributed by atoms with Crippen molar-refractivity contribution < 1.29 is 4.39 Å². The summed E-state index contributed by atoms with van der Waals surface area (Å²) in [4.78, 5) is 2.19. The molecule has 1 aliphatic rings. The molecule has 1 atom stereocenters. The van der Waals surface area contributed by atoms with Crippen LogP contribution in [0.4, 0.5) is 15.8 Å². The molecular formula is C17H19FN2. The molecule has 3 heteroatoms. The summed E-state index contributed by atoms with van der Waals surface area (Å²) in [6, 6.07) is 15.2. The lowest BCUT2D eigenvalue weighted by Gasteiger charge is -2.30. The maximum Gasteiger partial charge on any atom is 0.123 e. The number of para-hydroxylation sites is 1. The van der Waals surface area contributed by atoms with Crippen LogP contribution >= 0.6 is 0 Å². The maximum atomic E-state index is 12.9. The number of hydrogen-bond acceptors (Lipinski definition) is 2. The van der Waals surface area contributed by atoms with E-state index in [9.17, 15) is 4.39 Å². The predicted molar refractivity (Wildman–Crippen MR) is 81.8 cm³/mol. The zero-order valence-electron chi connectivity index (χ0n) is 11.6. The number of fused-ring (bicyclic) bond motifs is 1. The SMILES string of the molecule is CN(CC1CNc2ccccc2C1)c1ccc(F)cc1. The van der Waals surface area contributed by atoms with Gasteiger partial charge in [0, 0.05) is 31.5 Å². The molecule has 0 radical (unpaired) electrons. The van der Waals surface area contributed by atoms with Gasteiger partial charge in [0.05, 0.1) is 0 Å². The van der Waals surface area contributed by atoms with Crippen LogP contribution in [0.3, 0.4) is 0 Å². The fourth-order valence-electron chi connectivity index (χ4n) is 2.83. The highest BCUT2D eigenvalue weighted by molar-refractivity contribution is 5.53. The molecule has 2 aromatic carbocycles. The lowest BCUT2D eigenvalue weighted by molar-refractivity contribution is 0.536. The Hall–Kier alpha value is -2.03. The average molecular weight is 270 g/mol. The largest absolute Gasteiger partial charge is 0.384 e. The molecule has 0 fully saturated rings. The normalized spacial score (nSPS) is 17.2. The van der Waals surface area contributed by atoms with Crippen LogP contribution in [-0.2, 0) is 6.42 Å². The Labute approximate surface area is 119 Å². The molecule has 2 nitrogen and oxygen atoms in total. The summed E-state index contributed by atoms with van der Waals surface area (Å²) in [6.07, 6.45) is 1.09. The highest BCUT2D eigenvalue weighted by atomic mass is 19.1. The molecular weight excluding hydrogens is 251 g/mol. The van der Waals surface area contributed by atoms with Gasteiger partial charge in [-0.25, -0.2) is 4.39 Å². The van der Waals surface area contributed by atoms with Gasteiger partial charge in [-0.05, 0) is 48.2 Å². The summed E-state index contributed by atoms with van der Waals surface area (Å²) in [5.41, 5.74) is 3.70. The number of halogens is 1. The molecule has 20 heavy (non-hydrogen) atoms. The Balaban J connectivity index is 1.66. The van der Waals surface area contributed by atoms with E-state index in [-0.39, 0.29) is 5.82 Å². The van der Waals surface area contributed by atoms with Crippen molar-refractivity contribution in [3.8, 4) is 0 Å². The Morgan fingerprint density at radius 3 is 2.70 bits per heavy atom. The minimum absolute atomic E-state index is 0.185. The highest BCUT2D eigenvalue weighted by Gasteiger charge is 2.19. The molecule has 0 aliphatic carbocycles. The second-order valence-corrected chi connectivity index (χ2v) is 5.47. The van der Waals surface area contributed by atoms with Crippen LogP contribution in [0, 0.1) is 11.7 Å². The van der Waals surface area contributed by atoms with Crippen LogP contribution in [-0.4, -0.2) is 20.1 Å². The van der Waals surface area contributed by atoms with Gasteiger partial charge >= 0.3 is 0 Å². The minimum atomic E-state index is -0.185. The van der Waals surface area contributed by atoms with Gasteiger partial charge < -0.3 is 10.2 Å². The lowest BCUT2D eigenvalue weighted by atomic mass is 9.93. The van der Waals surface area contributed by atoms with Crippen molar-refractivity contribution in [2.24, 2.45) is 5.92 Å². The summed E-state index contributed by atoms with van der Waals surface area (Å²) < 4.78 is 12.9. The van der Waals surface area contributed by atoms with E-state index in [0.717, 1.165) is 25.2 Å². The third kappa shape index (κ3) is 2.77. The zero-order chi connectivity index (χ0) is 13.9. The zero-order valence-corrected chi connectivity index (χ0v) is 11.6.